The molecule has 1 saturated heterocycles. The highest BCUT2D eigenvalue weighted by atomic mass is 16.5. The van der Waals surface area contributed by atoms with Gasteiger partial charge in [0.1, 0.15) is 18.0 Å². The van der Waals surface area contributed by atoms with Gasteiger partial charge in [0.15, 0.2) is 0 Å². The number of ether oxygens (including phenoxy) is 2. The molecule has 1 aromatic heterocycles. The average molecular weight is 318 g/mol. The Bertz CT molecular complexity index is 543. The Kier molecular flexibility index (Phi) is 4.11. The first kappa shape index (κ1) is 15.1. The van der Waals surface area contributed by atoms with Gasteiger partial charge in [0.25, 0.3) is 0 Å². The van der Waals surface area contributed by atoms with Gasteiger partial charge in [-0.2, -0.15) is 0 Å². The fourth-order valence-electron chi connectivity index (χ4n) is 3.94. The Labute approximate surface area is 137 Å². The van der Waals surface area contributed by atoms with Crippen LogP contribution in [-0.4, -0.2) is 48.0 Å². The number of rotatable bonds is 6. The molecule has 23 heavy (non-hydrogen) atoms. The third-order valence-corrected chi connectivity index (χ3v) is 5.50. The van der Waals surface area contributed by atoms with Gasteiger partial charge in [-0.25, -0.2) is 9.97 Å². The lowest BCUT2D eigenvalue weighted by atomic mass is 9.57. The van der Waals surface area contributed by atoms with Crippen LogP contribution >= 0.6 is 0 Å². The topological polar surface area (TPSA) is 68.3 Å². The van der Waals surface area contributed by atoms with Gasteiger partial charge in [-0.1, -0.05) is 0 Å². The van der Waals surface area contributed by atoms with Crippen molar-refractivity contribution in [2.45, 2.75) is 57.2 Å². The molecular formula is C17H26N4O2. The molecule has 0 unspecified atom stereocenters. The van der Waals surface area contributed by atoms with Crippen molar-refractivity contribution >= 4 is 11.6 Å². The number of aromatic nitrogens is 2. The van der Waals surface area contributed by atoms with E-state index in [1.165, 1.54) is 12.8 Å². The molecule has 2 aliphatic carbocycles. The smallest absolute Gasteiger partial charge is 0.131 e. The summed E-state index contributed by atoms with van der Waals surface area (Å²) in [6.45, 7) is 4.52. The zero-order chi connectivity index (χ0) is 15.7. The lowest BCUT2D eigenvalue weighted by Crippen LogP contribution is -2.63. The molecule has 1 aromatic rings. The van der Waals surface area contributed by atoms with E-state index in [1.807, 2.05) is 6.07 Å². The summed E-state index contributed by atoms with van der Waals surface area (Å²) >= 11 is 0. The summed E-state index contributed by atoms with van der Waals surface area (Å²) in [4.78, 5) is 8.72. The number of nitrogens with one attached hydrogen (secondary N) is 2. The molecule has 2 saturated carbocycles. The number of nitrogens with zero attached hydrogens (tertiary/aromatic N) is 2. The van der Waals surface area contributed by atoms with E-state index in [-0.39, 0.29) is 5.41 Å². The second-order valence-corrected chi connectivity index (χ2v) is 6.93. The Hall–Kier alpha value is -1.40. The fraction of sp³-hybridized carbons (Fsp3) is 0.765. The summed E-state index contributed by atoms with van der Waals surface area (Å²) in [7, 11) is 0. The van der Waals surface area contributed by atoms with Crippen LogP contribution in [-0.2, 0) is 9.47 Å². The second kappa shape index (κ2) is 6.24. The number of hydrogen-bond donors (Lipinski definition) is 2. The van der Waals surface area contributed by atoms with E-state index in [0.29, 0.717) is 18.2 Å². The Morgan fingerprint density at radius 3 is 2.65 bits per heavy atom. The molecule has 1 spiro atoms. The van der Waals surface area contributed by atoms with Crippen molar-refractivity contribution < 1.29 is 9.47 Å². The summed E-state index contributed by atoms with van der Waals surface area (Å²) in [5.74, 6) is 1.83. The molecule has 126 valence electrons. The summed E-state index contributed by atoms with van der Waals surface area (Å²) < 4.78 is 11.6. The molecule has 6 nitrogen and oxygen atoms in total. The van der Waals surface area contributed by atoms with Crippen LogP contribution in [0.15, 0.2) is 12.4 Å². The molecule has 3 aliphatic rings. The maximum Gasteiger partial charge on any atom is 0.131 e. The van der Waals surface area contributed by atoms with Gasteiger partial charge in [0, 0.05) is 43.4 Å². The predicted octanol–water partition coefficient (Wildman–Crippen LogP) is 2.44. The Morgan fingerprint density at radius 1 is 1.22 bits per heavy atom. The van der Waals surface area contributed by atoms with Crippen molar-refractivity contribution in [1.82, 2.24) is 9.97 Å². The SMILES string of the molecule is CCO[C@@H]1C[C@@H](Nc2cc(NC3CC3)ncn2)C12CCOCC2. The molecule has 2 atom stereocenters. The summed E-state index contributed by atoms with van der Waals surface area (Å²) in [5.41, 5.74) is 0.198. The molecule has 6 heteroatoms. The highest BCUT2D eigenvalue weighted by Gasteiger charge is 2.56. The minimum Gasteiger partial charge on any atom is -0.381 e. The molecule has 0 amide bonds. The average Bonchev–Trinajstić information content (AvgIpc) is 3.39. The van der Waals surface area contributed by atoms with Crippen LogP contribution < -0.4 is 10.6 Å². The van der Waals surface area contributed by atoms with Crippen molar-refractivity contribution in [1.29, 1.82) is 0 Å². The van der Waals surface area contributed by atoms with Crippen LogP contribution in [0.4, 0.5) is 11.6 Å². The largest absolute Gasteiger partial charge is 0.381 e. The summed E-state index contributed by atoms with van der Waals surface area (Å²) in [6.07, 6.45) is 7.65. The zero-order valence-corrected chi connectivity index (χ0v) is 13.8. The van der Waals surface area contributed by atoms with E-state index in [1.54, 1.807) is 6.33 Å². The van der Waals surface area contributed by atoms with Gasteiger partial charge >= 0.3 is 0 Å². The molecule has 3 fully saturated rings. The fourth-order valence-corrected chi connectivity index (χ4v) is 3.94. The van der Waals surface area contributed by atoms with Crippen LogP contribution in [0.3, 0.4) is 0 Å². The maximum absolute atomic E-state index is 5.98. The molecule has 0 radical (unpaired) electrons. The van der Waals surface area contributed by atoms with Crippen LogP contribution in [0, 0.1) is 5.41 Å². The molecule has 0 aromatic carbocycles. The highest BCUT2D eigenvalue weighted by molar-refractivity contribution is 5.49. The predicted molar refractivity (Wildman–Crippen MR) is 88.6 cm³/mol. The van der Waals surface area contributed by atoms with Crippen molar-refractivity contribution in [3.63, 3.8) is 0 Å². The first-order valence-corrected chi connectivity index (χ1v) is 8.84. The van der Waals surface area contributed by atoms with Crippen molar-refractivity contribution in [2.75, 3.05) is 30.5 Å². The second-order valence-electron chi connectivity index (χ2n) is 6.93. The van der Waals surface area contributed by atoms with E-state index < -0.39 is 0 Å². The number of anilines is 2. The van der Waals surface area contributed by atoms with E-state index in [9.17, 15) is 0 Å². The minimum atomic E-state index is 0.198. The third-order valence-electron chi connectivity index (χ3n) is 5.50. The van der Waals surface area contributed by atoms with E-state index in [0.717, 1.165) is 50.7 Å². The lowest BCUT2D eigenvalue weighted by Gasteiger charge is -2.57. The molecular weight excluding hydrogens is 292 g/mol. The molecule has 2 heterocycles. The quantitative estimate of drug-likeness (QED) is 0.840. The van der Waals surface area contributed by atoms with E-state index in [4.69, 9.17) is 9.47 Å². The normalized spacial score (nSPS) is 29.1. The van der Waals surface area contributed by atoms with Gasteiger partial charge in [-0.15, -0.1) is 0 Å². The van der Waals surface area contributed by atoms with Gasteiger partial charge < -0.3 is 20.1 Å². The van der Waals surface area contributed by atoms with Crippen LogP contribution in [0.2, 0.25) is 0 Å². The van der Waals surface area contributed by atoms with Gasteiger partial charge in [-0.05, 0) is 39.0 Å². The summed E-state index contributed by atoms with van der Waals surface area (Å²) in [5, 5.41) is 7.06. The molecule has 2 N–H and O–H groups in total. The van der Waals surface area contributed by atoms with Gasteiger partial charge in [0.2, 0.25) is 0 Å². The Balaban J connectivity index is 1.45. The van der Waals surface area contributed by atoms with Crippen LogP contribution in [0.1, 0.15) is 39.0 Å². The van der Waals surface area contributed by atoms with E-state index >= 15 is 0 Å². The Morgan fingerprint density at radius 2 is 1.96 bits per heavy atom. The van der Waals surface area contributed by atoms with Crippen LogP contribution in [0.5, 0.6) is 0 Å². The van der Waals surface area contributed by atoms with Crippen molar-refractivity contribution in [3.05, 3.63) is 12.4 Å². The standard InChI is InChI=1S/C17H26N4O2/c1-2-23-14-9-13(17(14)5-7-22-8-6-17)21-16-10-15(18-11-19-16)20-12-3-4-12/h10-14H,2-9H2,1H3,(H2,18,19,20,21)/t13-,14-/m1/s1. The highest BCUT2D eigenvalue weighted by Crippen LogP contribution is 2.51. The monoisotopic (exact) mass is 318 g/mol. The lowest BCUT2D eigenvalue weighted by molar-refractivity contribution is -0.159. The maximum atomic E-state index is 5.98. The molecule has 0 bridgehead atoms. The van der Waals surface area contributed by atoms with Gasteiger partial charge in [0.05, 0.1) is 6.10 Å². The van der Waals surface area contributed by atoms with Crippen LogP contribution in [0.25, 0.3) is 0 Å². The minimum absolute atomic E-state index is 0.198. The molecule has 1 aliphatic heterocycles. The van der Waals surface area contributed by atoms with Crippen molar-refractivity contribution in [2.24, 2.45) is 5.41 Å². The third kappa shape index (κ3) is 3.02. The van der Waals surface area contributed by atoms with E-state index in [2.05, 4.69) is 27.5 Å². The number of hydrogen-bond acceptors (Lipinski definition) is 6. The summed E-state index contributed by atoms with van der Waals surface area (Å²) in [6, 6.07) is 3.04. The first-order valence-electron chi connectivity index (χ1n) is 8.84. The van der Waals surface area contributed by atoms with Crippen molar-refractivity contribution in [3.8, 4) is 0 Å². The zero-order valence-electron chi connectivity index (χ0n) is 13.8. The first-order chi connectivity index (χ1) is 11.3. The molecule has 4 rings (SSSR count). The van der Waals surface area contributed by atoms with Gasteiger partial charge in [-0.3, -0.25) is 0 Å².